The predicted molar refractivity (Wildman–Crippen MR) is 170 cm³/mol. The number of ether oxygens (including phenoxy) is 4. The monoisotopic (exact) mass is 672 g/mol. The number of amides is 2. The number of hydrogen-bond donors (Lipinski definition) is 2. The molecule has 16 heteroatoms. The van der Waals surface area contributed by atoms with Crippen molar-refractivity contribution >= 4 is 41.0 Å². The molecule has 1 fully saturated rings. The van der Waals surface area contributed by atoms with Crippen LogP contribution in [-0.2, 0) is 25.2 Å². The zero-order chi connectivity index (χ0) is 35.2. The Hall–Kier alpha value is -5.54. The van der Waals surface area contributed by atoms with Gasteiger partial charge in [0.25, 0.3) is 0 Å². The van der Waals surface area contributed by atoms with Crippen molar-refractivity contribution in [2.45, 2.75) is 38.6 Å². The van der Waals surface area contributed by atoms with Gasteiger partial charge in [0.05, 0.1) is 19.9 Å². The molecule has 1 atom stereocenters. The Balaban J connectivity index is 1.57. The summed E-state index contributed by atoms with van der Waals surface area (Å²) < 4.78 is 63.1. The number of carbonyl (C=O) groups excluding carboxylic acids is 3. The first-order chi connectivity index (χ1) is 22.6. The van der Waals surface area contributed by atoms with Crippen LogP contribution < -0.4 is 25.0 Å². The minimum Gasteiger partial charge on any atom is -0.494 e. The summed E-state index contributed by atoms with van der Waals surface area (Å²) in [5.74, 6) is -1.86. The number of benzene rings is 2. The Morgan fingerprint density at radius 3 is 2.46 bits per heavy atom. The number of nitrogens with one attached hydrogen (secondary N) is 2. The van der Waals surface area contributed by atoms with Gasteiger partial charge in [-0.1, -0.05) is 12.6 Å². The van der Waals surface area contributed by atoms with Crippen molar-refractivity contribution in [1.82, 2.24) is 14.9 Å². The van der Waals surface area contributed by atoms with E-state index in [1.54, 1.807) is 39.0 Å². The standard InChI is InChI=1S/C32H35F3N6O7/c1-7-26(42)37-19-9-8-10-21(15-19)47-27-22(32(33,34)35)17-36-29(39-27)38-23-12-11-20(16-25(23)45-5)40-13-14-41(24(18-40)28(43)46-6)30(44)48-31(2,3)4/h7-12,15-17,24H,1,13-14,18H2,2-6H3,(H,37,42)(H,36,38,39)/t24-/m0/s1. The number of carbonyl (C=O) groups is 3. The third-order valence-electron chi connectivity index (χ3n) is 6.84. The molecule has 48 heavy (non-hydrogen) atoms. The first-order valence-electron chi connectivity index (χ1n) is 14.5. The molecular formula is C32H35F3N6O7. The van der Waals surface area contributed by atoms with Crippen LogP contribution in [0.15, 0.2) is 61.3 Å². The number of alkyl halides is 3. The highest BCUT2D eigenvalue weighted by atomic mass is 19.4. The predicted octanol–water partition coefficient (Wildman–Crippen LogP) is 5.76. The summed E-state index contributed by atoms with van der Waals surface area (Å²) in [6.45, 7) is 9.17. The number of esters is 1. The van der Waals surface area contributed by atoms with Gasteiger partial charge in [-0.25, -0.2) is 14.6 Å². The molecule has 2 aromatic carbocycles. The number of methoxy groups -OCH3 is 2. The van der Waals surface area contributed by atoms with Crippen LogP contribution in [-0.4, -0.2) is 78.3 Å². The van der Waals surface area contributed by atoms with Gasteiger partial charge in [-0.05, 0) is 51.1 Å². The van der Waals surface area contributed by atoms with E-state index >= 15 is 0 Å². The quantitative estimate of drug-likeness (QED) is 0.211. The molecule has 1 aliphatic heterocycles. The molecule has 2 heterocycles. The van der Waals surface area contributed by atoms with Crippen LogP contribution in [0.3, 0.4) is 0 Å². The van der Waals surface area contributed by atoms with Gasteiger partial charge in [0.15, 0.2) is 6.04 Å². The average Bonchev–Trinajstić information content (AvgIpc) is 3.03. The maximum atomic E-state index is 13.9. The zero-order valence-corrected chi connectivity index (χ0v) is 26.9. The molecule has 4 rings (SSSR count). The van der Waals surface area contributed by atoms with Crippen molar-refractivity contribution in [3.8, 4) is 17.4 Å². The molecule has 0 saturated carbocycles. The number of anilines is 4. The Kier molecular flexibility index (Phi) is 10.7. The molecule has 1 saturated heterocycles. The molecular weight excluding hydrogens is 637 g/mol. The highest BCUT2D eigenvalue weighted by molar-refractivity contribution is 5.99. The van der Waals surface area contributed by atoms with Gasteiger partial charge >= 0.3 is 18.2 Å². The van der Waals surface area contributed by atoms with Crippen molar-refractivity contribution in [1.29, 1.82) is 0 Å². The maximum absolute atomic E-state index is 13.9. The van der Waals surface area contributed by atoms with E-state index in [9.17, 15) is 27.6 Å². The van der Waals surface area contributed by atoms with Crippen LogP contribution in [0.2, 0.25) is 0 Å². The molecule has 2 N–H and O–H groups in total. The van der Waals surface area contributed by atoms with E-state index in [2.05, 4.69) is 27.2 Å². The molecule has 3 aromatic rings. The van der Waals surface area contributed by atoms with E-state index in [0.29, 0.717) is 24.1 Å². The molecule has 13 nitrogen and oxygen atoms in total. The Bertz CT molecular complexity index is 1680. The molecule has 0 unspecified atom stereocenters. The highest BCUT2D eigenvalue weighted by Gasteiger charge is 2.39. The smallest absolute Gasteiger partial charge is 0.423 e. The number of rotatable bonds is 9. The summed E-state index contributed by atoms with van der Waals surface area (Å²) in [5.41, 5.74) is -0.757. The lowest BCUT2D eigenvalue weighted by Crippen LogP contribution is -2.59. The summed E-state index contributed by atoms with van der Waals surface area (Å²) in [6, 6.07) is 9.76. The third-order valence-corrected chi connectivity index (χ3v) is 6.84. The van der Waals surface area contributed by atoms with E-state index in [4.69, 9.17) is 18.9 Å². The average molecular weight is 673 g/mol. The van der Waals surface area contributed by atoms with Crippen LogP contribution in [0.25, 0.3) is 0 Å². The van der Waals surface area contributed by atoms with Crippen molar-refractivity contribution in [3.63, 3.8) is 0 Å². The van der Waals surface area contributed by atoms with E-state index in [1.165, 1.54) is 43.4 Å². The summed E-state index contributed by atoms with van der Waals surface area (Å²) in [7, 11) is 2.64. The van der Waals surface area contributed by atoms with E-state index in [0.717, 1.165) is 6.08 Å². The molecule has 0 aliphatic carbocycles. The minimum atomic E-state index is -4.84. The fourth-order valence-corrected chi connectivity index (χ4v) is 4.64. The van der Waals surface area contributed by atoms with Crippen LogP contribution >= 0.6 is 0 Å². The largest absolute Gasteiger partial charge is 0.494 e. The van der Waals surface area contributed by atoms with Crippen LogP contribution in [0.5, 0.6) is 17.4 Å². The van der Waals surface area contributed by atoms with Gasteiger partial charge in [0.1, 0.15) is 22.7 Å². The number of aromatic nitrogens is 2. The first-order valence-corrected chi connectivity index (χ1v) is 14.5. The van der Waals surface area contributed by atoms with Gasteiger partial charge < -0.3 is 34.5 Å². The van der Waals surface area contributed by atoms with Gasteiger partial charge in [-0.3, -0.25) is 9.69 Å². The molecule has 0 bridgehead atoms. The zero-order valence-electron chi connectivity index (χ0n) is 26.9. The lowest BCUT2D eigenvalue weighted by atomic mass is 10.1. The second-order valence-electron chi connectivity index (χ2n) is 11.4. The van der Waals surface area contributed by atoms with Crippen LogP contribution in [0.1, 0.15) is 26.3 Å². The van der Waals surface area contributed by atoms with Crippen molar-refractivity contribution in [2.24, 2.45) is 0 Å². The minimum absolute atomic E-state index is 0.0222. The van der Waals surface area contributed by atoms with Gasteiger partial charge in [-0.2, -0.15) is 18.2 Å². The molecule has 256 valence electrons. The molecule has 1 aromatic heterocycles. The summed E-state index contributed by atoms with van der Waals surface area (Å²) in [4.78, 5) is 48.1. The Morgan fingerprint density at radius 1 is 1.06 bits per heavy atom. The lowest BCUT2D eigenvalue weighted by Gasteiger charge is -2.41. The van der Waals surface area contributed by atoms with Crippen LogP contribution in [0.4, 0.5) is 41.0 Å². The van der Waals surface area contributed by atoms with E-state index in [1.807, 2.05) is 4.90 Å². The Morgan fingerprint density at radius 2 is 1.81 bits per heavy atom. The Labute approximate surface area is 274 Å². The van der Waals surface area contributed by atoms with Gasteiger partial charge in [-0.15, -0.1) is 0 Å². The second-order valence-corrected chi connectivity index (χ2v) is 11.4. The summed E-state index contributed by atoms with van der Waals surface area (Å²) >= 11 is 0. The van der Waals surface area contributed by atoms with Crippen molar-refractivity contribution < 1.29 is 46.5 Å². The van der Waals surface area contributed by atoms with Crippen LogP contribution in [0, 0.1) is 0 Å². The highest BCUT2D eigenvalue weighted by Crippen LogP contribution is 2.39. The number of hydrogen-bond acceptors (Lipinski definition) is 11. The molecule has 0 spiro atoms. The van der Waals surface area contributed by atoms with E-state index in [-0.39, 0.29) is 36.2 Å². The molecule has 1 aliphatic rings. The van der Waals surface area contributed by atoms with Crippen molar-refractivity contribution in [3.05, 3.63) is 66.9 Å². The normalized spacial score (nSPS) is 14.9. The van der Waals surface area contributed by atoms with Gasteiger partial charge in [0.2, 0.25) is 17.7 Å². The fraction of sp³-hybridized carbons (Fsp3) is 0.344. The van der Waals surface area contributed by atoms with Crippen molar-refractivity contribution in [2.75, 3.05) is 49.4 Å². The topological polar surface area (TPSA) is 144 Å². The molecule has 0 radical (unpaired) electrons. The first kappa shape index (κ1) is 35.3. The van der Waals surface area contributed by atoms with Gasteiger partial charge in [0, 0.05) is 49.3 Å². The number of nitrogens with zero attached hydrogens (tertiary/aromatic N) is 4. The number of piperazine rings is 1. The third kappa shape index (κ3) is 8.83. The summed E-state index contributed by atoms with van der Waals surface area (Å²) in [6.07, 6.45) is -3.84. The maximum Gasteiger partial charge on any atom is 0.423 e. The SMILES string of the molecule is C=CC(=O)Nc1cccc(Oc2nc(Nc3ccc(N4CCN(C(=O)OC(C)(C)C)[C@H](C(=O)OC)C4)cc3OC)ncc2C(F)(F)F)c1. The lowest BCUT2D eigenvalue weighted by molar-refractivity contribution is -0.147. The summed E-state index contributed by atoms with van der Waals surface area (Å²) in [5, 5.41) is 5.36. The fourth-order valence-electron chi connectivity index (χ4n) is 4.64. The second kappa shape index (κ2) is 14.5. The molecule has 2 amide bonds. The number of halogens is 3. The van der Waals surface area contributed by atoms with E-state index < -0.39 is 47.2 Å².